The monoisotopic (exact) mass is 163 g/mol. The first-order chi connectivity index (χ1) is 5.75. The van der Waals surface area contributed by atoms with Gasteiger partial charge in [-0.2, -0.15) is 5.26 Å². The molecule has 4 heteroatoms. The van der Waals surface area contributed by atoms with Gasteiger partial charge in [-0.3, -0.25) is 4.98 Å². The molecule has 0 fully saturated rings. The molecule has 0 saturated carbocycles. The van der Waals surface area contributed by atoms with Gasteiger partial charge in [0.05, 0.1) is 18.7 Å². The van der Waals surface area contributed by atoms with E-state index in [2.05, 4.69) is 4.98 Å². The molecule has 0 bridgehead atoms. The highest BCUT2D eigenvalue weighted by molar-refractivity contribution is 5.31. The lowest BCUT2D eigenvalue weighted by molar-refractivity contribution is 0.459. The Morgan fingerprint density at radius 3 is 3.08 bits per heavy atom. The molecule has 12 heavy (non-hydrogen) atoms. The van der Waals surface area contributed by atoms with Gasteiger partial charge in [0, 0.05) is 17.8 Å². The number of hydrogen-bond acceptors (Lipinski definition) is 4. The van der Waals surface area contributed by atoms with Gasteiger partial charge in [0.2, 0.25) is 0 Å². The molecule has 0 aromatic carbocycles. The molecule has 1 aromatic rings. The SMILES string of the molecule is N#CC[C@@H](N)c1ccncc1O. The van der Waals surface area contributed by atoms with Crippen molar-refractivity contribution in [1.29, 1.82) is 5.26 Å². The van der Waals surface area contributed by atoms with Crippen LogP contribution in [0.5, 0.6) is 5.75 Å². The number of nitrogens with two attached hydrogens (primary N) is 1. The summed E-state index contributed by atoms with van der Waals surface area (Å²) in [6.07, 6.45) is 3.04. The van der Waals surface area contributed by atoms with Crippen LogP contribution >= 0.6 is 0 Å². The Morgan fingerprint density at radius 2 is 2.50 bits per heavy atom. The first kappa shape index (κ1) is 8.50. The van der Waals surface area contributed by atoms with E-state index in [0.717, 1.165) is 0 Å². The Hall–Kier alpha value is -1.60. The van der Waals surface area contributed by atoms with Crippen LogP contribution in [0.4, 0.5) is 0 Å². The van der Waals surface area contributed by atoms with E-state index < -0.39 is 6.04 Å². The zero-order chi connectivity index (χ0) is 8.97. The molecule has 0 radical (unpaired) electrons. The molecular formula is C8H9N3O. The van der Waals surface area contributed by atoms with Crippen molar-refractivity contribution >= 4 is 0 Å². The van der Waals surface area contributed by atoms with Gasteiger partial charge in [-0.25, -0.2) is 0 Å². The summed E-state index contributed by atoms with van der Waals surface area (Å²) in [6.45, 7) is 0. The van der Waals surface area contributed by atoms with E-state index in [-0.39, 0.29) is 12.2 Å². The van der Waals surface area contributed by atoms with Gasteiger partial charge < -0.3 is 10.8 Å². The van der Waals surface area contributed by atoms with E-state index in [4.69, 9.17) is 11.0 Å². The minimum Gasteiger partial charge on any atom is -0.506 e. The maximum atomic E-state index is 9.26. The molecule has 1 atom stereocenters. The molecule has 0 amide bonds. The van der Waals surface area contributed by atoms with E-state index in [1.54, 1.807) is 6.07 Å². The molecule has 1 heterocycles. The van der Waals surface area contributed by atoms with Crippen molar-refractivity contribution in [2.24, 2.45) is 5.73 Å². The lowest BCUT2D eigenvalue weighted by Crippen LogP contribution is -2.09. The molecule has 0 aliphatic rings. The summed E-state index contributed by atoms with van der Waals surface area (Å²) >= 11 is 0. The van der Waals surface area contributed by atoms with Crippen LogP contribution in [0.2, 0.25) is 0 Å². The summed E-state index contributed by atoms with van der Waals surface area (Å²) in [5, 5.41) is 17.6. The van der Waals surface area contributed by atoms with Crippen molar-refractivity contribution in [3.05, 3.63) is 24.0 Å². The number of nitriles is 1. The Labute approximate surface area is 70.3 Å². The summed E-state index contributed by atoms with van der Waals surface area (Å²) in [7, 11) is 0. The van der Waals surface area contributed by atoms with Gasteiger partial charge in [-0.15, -0.1) is 0 Å². The highest BCUT2D eigenvalue weighted by Crippen LogP contribution is 2.22. The molecule has 0 spiro atoms. The summed E-state index contributed by atoms with van der Waals surface area (Å²) < 4.78 is 0. The fraction of sp³-hybridized carbons (Fsp3) is 0.250. The van der Waals surface area contributed by atoms with Gasteiger partial charge in [0.1, 0.15) is 5.75 Å². The molecule has 62 valence electrons. The summed E-state index contributed by atoms with van der Waals surface area (Å²) in [4.78, 5) is 3.70. The third-order valence-corrected chi connectivity index (χ3v) is 1.54. The average molecular weight is 163 g/mol. The van der Waals surface area contributed by atoms with Crippen LogP contribution in [-0.4, -0.2) is 10.1 Å². The Balaban J connectivity index is 2.88. The van der Waals surface area contributed by atoms with Gasteiger partial charge >= 0.3 is 0 Å². The summed E-state index contributed by atoms with van der Waals surface area (Å²) in [6, 6.07) is 3.11. The van der Waals surface area contributed by atoms with Crippen LogP contribution < -0.4 is 5.73 Å². The van der Waals surface area contributed by atoms with Crippen LogP contribution in [0.25, 0.3) is 0 Å². The number of nitrogens with zero attached hydrogens (tertiary/aromatic N) is 2. The summed E-state index contributed by atoms with van der Waals surface area (Å²) in [5.41, 5.74) is 6.16. The maximum Gasteiger partial charge on any atom is 0.138 e. The minimum absolute atomic E-state index is 0.0419. The van der Waals surface area contributed by atoms with Crippen LogP contribution in [0.1, 0.15) is 18.0 Å². The quantitative estimate of drug-likeness (QED) is 0.672. The third-order valence-electron chi connectivity index (χ3n) is 1.54. The van der Waals surface area contributed by atoms with E-state index >= 15 is 0 Å². The molecule has 4 nitrogen and oxygen atoms in total. The number of hydrogen-bond donors (Lipinski definition) is 2. The fourth-order valence-electron chi connectivity index (χ4n) is 0.919. The van der Waals surface area contributed by atoms with E-state index in [1.165, 1.54) is 12.4 Å². The molecular weight excluding hydrogens is 154 g/mol. The van der Waals surface area contributed by atoms with Crippen LogP contribution in [0.15, 0.2) is 18.5 Å². The Bertz CT molecular complexity index is 305. The molecule has 1 aromatic heterocycles. The molecule has 0 aliphatic carbocycles. The molecule has 0 saturated heterocycles. The van der Waals surface area contributed by atoms with Crippen molar-refractivity contribution < 1.29 is 5.11 Å². The third kappa shape index (κ3) is 1.71. The van der Waals surface area contributed by atoms with Gasteiger partial charge in [0.25, 0.3) is 0 Å². The first-order valence-corrected chi connectivity index (χ1v) is 3.51. The number of pyridine rings is 1. The van der Waals surface area contributed by atoms with Crippen LogP contribution in [0, 0.1) is 11.3 Å². The zero-order valence-corrected chi connectivity index (χ0v) is 6.44. The minimum atomic E-state index is -0.432. The average Bonchev–Trinajstić information content (AvgIpc) is 2.05. The van der Waals surface area contributed by atoms with Gasteiger partial charge in [0.15, 0.2) is 0 Å². The molecule has 0 aliphatic heterocycles. The number of aromatic hydroxyl groups is 1. The lowest BCUT2D eigenvalue weighted by atomic mass is 10.1. The number of rotatable bonds is 2. The highest BCUT2D eigenvalue weighted by Gasteiger charge is 2.09. The fourth-order valence-corrected chi connectivity index (χ4v) is 0.919. The predicted molar refractivity (Wildman–Crippen MR) is 43.1 cm³/mol. The normalized spacial score (nSPS) is 12.0. The highest BCUT2D eigenvalue weighted by atomic mass is 16.3. The van der Waals surface area contributed by atoms with E-state index in [0.29, 0.717) is 5.56 Å². The van der Waals surface area contributed by atoms with E-state index in [1.807, 2.05) is 6.07 Å². The summed E-state index contributed by atoms with van der Waals surface area (Å²) in [5.74, 6) is 0.0419. The number of aromatic nitrogens is 1. The predicted octanol–water partition coefficient (Wildman–Crippen LogP) is 0.701. The largest absolute Gasteiger partial charge is 0.506 e. The van der Waals surface area contributed by atoms with Crippen molar-refractivity contribution in [2.45, 2.75) is 12.5 Å². The van der Waals surface area contributed by atoms with Crippen molar-refractivity contribution in [1.82, 2.24) is 4.98 Å². The van der Waals surface area contributed by atoms with E-state index in [9.17, 15) is 5.11 Å². The Kier molecular flexibility index (Phi) is 2.62. The van der Waals surface area contributed by atoms with Gasteiger partial charge in [-0.1, -0.05) is 0 Å². The topological polar surface area (TPSA) is 82.9 Å². The maximum absolute atomic E-state index is 9.26. The Morgan fingerprint density at radius 1 is 1.75 bits per heavy atom. The second-order valence-corrected chi connectivity index (χ2v) is 2.40. The molecule has 1 rings (SSSR count). The smallest absolute Gasteiger partial charge is 0.138 e. The van der Waals surface area contributed by atoms with Crippen LogP contribution in [-0.2, 0) is 0 Å². The second-order valence-electron chi connectivity index (χ2n) is 2.40. The standard InChI is InChI=1S/C8H9N3O/c9-3-1-7(10)6-2-4-11-5-8(6)12/h2,4-5,7,12H,1,10H2/t7-/m1/s1. The van der Waals surface area contributed by atoms with Crippen molar-refractivity contribution in [2.75, 3.05) is 0 Å². The van der Waals surface area contributed by atoms with Crippen molar-refractivity contribution in [3.63, 3.8) is 0 Å². The first-order valence-electron chi connectivity index (χ1n) is 3.51. The van der Waals surface area contributed by atoms with Gasteiger partial charge in [-0.05, 0) is 6.07 Å². The van der Waals surface area contributed by atoms with Crippen molar-refractivity contribution in [3.8, 4) is 11.8 Å². The second kappa shape index (κ2) is 3.69. The lowest BCUT2D eigenvalue weighted by Gasteiger charge is -2.08. The van der Waals surface area contributed by atoms with Crippen LogP contribution in [0.3, 0.4) is 0 Å². The zero-order valence-electron chi connectivity index (χ0n) is 6.44. The molecule has 3 N–H and O–H groups in total. The molecule has 0 unspecified atom stereocenters.